The summed E-state index contributed by atoms with van der Waals surface area (Å²) >= 11 is 1.34. The van der Waals surface area contributed by atoms with Crippen molar-refractivity contribution in [3.05, 3.63) is 71.5 Å². The normalized spacial score (nSPS) is 11.8. The third-order valence-corrected chi connectivity index (χ3v) is 5.44. The van der Waals surface area contributed by atoms with Crippen LogP contribution in [0.5, 0.6) is 0 Å². The van der Waals surface area contributed by atoms with Gasteiger partial charge in [0.1, 0.15) is 11.1 Å². The first-order chi connectivity index (χ1) is 13.0. The molecule has 0 saturated carbocycles. The third-order valence-electron chi connectivity index (χ3n) is 4.15. The number of aryl methyl sites for hydroxylation is 1. The molecular weight excluding hydrogens is 360 g/mol. The predicted molar refractivity (Wildman–Crippen MR) is 106 cm³/mol. The van der Waals surface area contributed by atoms with E-state index < -0.39 is 5.25 Å². The van der Waals surface area contributed by atoms with E-state index in [1.165, 1.54) is 18.7 Å². The SMILES string of the molecule is CC(=O)c1cccc(NC(=O)[C@H](Sc2nnc(C)n2C)c2ccccc2)c1. The van der Waals surface area contributed by atoms with Gasteiger partial charge in [-0.2, -0.15) is 0 Å². The van der Waals surface area contributed by atoms with E-state index in [-0.39, 0.29) is 11.7 Å². The number of hydrogen-bond acceptors (Lipinski definition) is 5. The Bertz CT molecular complexity index is 969. The molecule has 7 heteroatoms. The van der Waals surface area contributed by atoms with Crippen molar-refractivity contribution < 1.29 is 9.59 Å². The van der Waals surface area contributed by atoms with Crippen molar-refractivity contribution in [2.45, 2.75) is 24.3 Å². The molecule has 0 radical (unpaired) electrons. The molecule has 6 nitrogen and oxygen atoms in total. The molecular formula is C20H20N4O2S. The molecule has 0 aliphatic heterocycles. The number of carbonyl (C=O) groups excluding carboxylic acids is 2. The Morgan fingerprint density at radius 2 is 1.81 bits per heavy atom. The van der Waals surface area contributed by atoms with Crippen LogP contribution in [0.25, 0.3) is 0 Å². The topological polar surface area (TPSA) is 76.9 Å². The molecule has 0 saturated heterocycles. The van der Waals surface area contributed by atoms with E-state index in [2.05, 4.69) is 15.5 Å². The zero-order chi connectivity index (χ0) is 19.4. The summed E-state index contributed by atoms with van der Waals surface area (Å²) in [5.41, 5.74) is 2.01. The molecule has 0 spiro atoms. The summed E-state index contributed by atoms with van der Waals surface area (Å²) in [6.45, 7) is 3.36. The molecule has 3 rings (SSSR count). The van der Waals surface area contributed by atoms with Crippen LogP contribution in [-0.4, -0.2) is 26.5 Å². The van der Waals surface area contributed by atoms with Crippen LogP contribution in [-0.2, 0) is 11.8 Å². The van der Waals surface area contributed by atoms with Crippen LogP contribution in [0.2, 0.25) is 0 Å². The van der Waals surface area contributed by atoms with Crippen molar-refractivity contribution in [2.75, 3.05) is 5.32 Å². The summed E-state index contributed by atoms with van der Waals surface area (Å²) in [5, 5.41) is 11.3. The lowest BCUT2D eigenvalue weighted by Gasteiger charge is -2.17. The highest BCUT2D eigenvalue weighted by Gasteiger charge is 2.25. The van der Waals surface area contributed by atoms with E-state index in [0.717, 1.165) is 11.4 Å². The van der Waals surface area contributed by atoms with E-state index in [1.807, 2.05) is 48.9 Å². The van der Waals surface area contributed by atoms with E-state index in [4.69, 9.17) is 0 Å². The summed E-state index contributed by atoms with van der Waals surface area (Å²) in [5.74, 6) is 0.543. The number of aromatic nitrogens is 3. The molecule has 0 fully saturated rings. The van der Waals surface area contributed by atoms with Gasteiger partial charge in [-0.15, -0.1) is 10.2 Å². The Hall–Kier alpha value is -2.93. The highest BCUT2D eigenvalue weighted by atomic mass is 32.2. The Balaban J connectivity index is 1.88. The largest absolute Gasteiger partial charge is 0.325 e. The first-order valence-corrected chi connectivity index (χ1v) is 9.33. The van der Waals surface area contributed by atoms with Gasteiger partial charge in [0.25, 0.3) is 0 Å². The molecule has 0 aliphatic carbocycles. The smallest absolute Gasteiger partial charge is 0.242 e. The lowest BCUT2D eigenvalue weighted by molar-refractivity contribution is -0.115. The second kappa shape index (κ2) is 8.18. The van der Waals surface area contributed by atoms with Crippen LogP contribution >= 0.6 is 11.8 Å². The van der Waals surface area contributed by atoms with Crippen LogP contribution in [0, 0.1) is 6.92 Å². The summed E-state index contributed by atoms with van der Waals surface area (Å²) in [4.78, 5) is 24.6. The maximum atomic E-state index is 13.0. The zero-order valence-electron chi connectivity index (χ0n) is 15.3. The fourth-order valence-electron chi connectivity index (χ4n) is 2.52. The number of Topliss-reactive ketones (excluding diaryl/α,β-unsaturated/α-hetero) is 1. The average Bonchev–Trinajstić information content (AvgIpc) is 2.98. The number of amides is 1. The third kappa shape index (κ3) is 4.43. The minimum Gasteiger partial charge on any atom is -0.325 e. The van der Waals surface area contributed by atoms with Gasteiger partial charge in [0.15, 0.2) is 10.9 Å². The molecule has 1 N–H and O–H groups in total. The lowest BCUT2D eigenvalue weighted by atomic mass is 10.1. The maximum Gasteiger partial charge on any atom is 0.242 e. The molecule has 1 atom stereocenters. The quantitative estimate of drug-likeness (QED) is 0.520. The van der Waals surface area contributed by atoms with Gasteiger partial charge < -0.3 is 9.88 Å². The van der Waals surface area contributed by atoms with Gasteiger partial charge in [0.2, 0.25) is 5.91 Å². The number of hydrogen-bond donors (Lipinski definition) is 1. The molecule has 1 amide bonds. The summed E-state index contributed by atoms with van der Waals surface area (Å²) < 4.78 is 1.85. The van der Waals surface area contributed by atoms with Crippen molar-refractivity contribution in [2.24, 2.45) is 7.05 Å². The highest BCUT2D eigenvalue weighted by Crippen LogP contribution is 2.35. The number of carbonyl (C=O) groups is 2. The summed E-state index contributed by atoms with van der Waals surface area (Å²) in [6, 6.07) is 16.4. The monoisotopic (exact) mass is 380 g/mol. The standard InChI is InChI=1S/C20H20N4O2S/c1-13(25)16-10-7-11-17(12-16)21-19(26)18(15-8-5-4-6-9-15)27-20-23-22-14(2)24(20)3/h4-12,18H,1-3H3,(H,21,26)/t18-/m1/s1. The molecule has 138 valence electrons. The number of nitrogens with one attached hydrogen (secondary N) is 1. The molecule has 0 unspecified atom stereocenters. The number of anilines is 1. The van der Waals surface area contributed by atoms with Gasteiger partial charge in [-0.3, -0.25) is 9.59 Å². The highest BCUT2D eigenvalue weighted by molar-refractivity contribution is 8.00. The van der Waals surface area contributed by atoms with E-state index >= 15 is 0 Å². The molecule has 1 aromatic heterocycles. The van der Waals surface area contributed by atoms with Crippen LogP contribution in [0.3, 0.4) is 0 Å². The Kier molecular flexibility index (Phi) is 5.71. The fourth-order valence-corrected chi connectivity index (χ4v) is 3.57. The van der Waals surface area contributed by atoms with Gasteiger partial charge in [0, 0.05) is 18.3 Å². The number of thioether (sulfide) groups is 1. The molecule has 27 heavy (non-hydrogen) atoms. The molecule has 0 aliphatic rings. The van der Waals surface area contributed by atoms with E-state index in [0.29, 0.717) is 16.4 Å². The maximum absolute atomic E-state index is 13.0. The number of benzene rings is 2. The van der Waals surface area contributed by atoms with Crippen molar-refractivity contribution in [1.29, 1.82) is 0 Å². The minimum atomic E-state index is -0.505. The second-order valence-electron chi connectivity index (χ2n) is 6.12. The van der Waals surface area contributed by atoms with Crippen LogP contribution in [0.15, 0.2) is 59.8 Å². The summed E-state index contributed by atoms with van der Waals surface area (Å²) in [6.07, 6.45) is 0. The van der Waals surface area contributed by atoms with Crippen LogP contribution in [0.1, 0.15) is 33.9 Å². The second-order valence-corrected chi connectivity index (χ2v) is 7.20. The zero-order valence-corrected chi connectivity index (χ0v) is 16.2. The number of ketones is 1. The molecule has 0 bridgehead atoms. The van der Waals surface area contributed by atoms with Gasteiger partial charge in [-0.25, -0.2) is 0 Å². The van der Waals surface area contributed by atoms with Crippen molar-refractivity contribution in [3.8, 4) is 0 Å². The van der Waals surface area contributed by atoms with Crippen molar-refractivity contribution in [3.63, 3.8) is 0 Å². The summed E-state index contributed by atoms with van der Waals surface area (Å²) in [7, 11) is 1.87. The van der Waals surface area contributed by atoms with Gasteiger partial charge >= 0.3 is 0 Å². The Morgan fingerprint density at radius 3 is 2.44 bits per heavy atom. The first kappa shape index (κ1) is 18.8. The van der Waals surface area contributed by atoms with Gasteiger partial charge in [-0.1, -0.05) is 54.2 Å². The van der Waals surface area contributed by atoms with Crippen LogP contribution < -0.4 is 5.32 Å². The fraction of sp³-hybridized carbons (Fsp3) is 0.200. The average molecular weight is 380 g/mol. The molecule has 1 heterocycles. The lowest BCUT2D eigenvalue weighted by Crippen LogP contribution is -2.19. The van der Waals surface area contributed by atoms with E-state index in [9.17, 15) is 9.59 Å². The first-order valence-electron chi connectivity index (χ1n) is 8.45. The van der Waals surface area contributed by atoms with Crippen molar-refractivity contribution >= 4 is 29.1 Å². The molecule has 2 aromatic carbocycles. The number of rotatable bonds is 6. The van der Waals surface area contributed by atoms with E-state index in [1.54, 1.807) is 24.3 Å². The van der Waals surface area contributed by atoms with Crippen LogP contribution in [0.4, 0.5) is 5.69 Å². The predicted octanol–water partition coefficient (Wildman–Crippen LogP) is 3.80. The van der Waals surface area contributed by atoms with Gasteiger partial charge in [0.05, 0.1) is 0 Å². The Morgan fingerprint density at radius 1 is 1.07 bits per heavy atom. The van der Waals surface area contributed by atoms with Crippen molar-refractivity contribution in [1.82, 2.24) is 14.8 Å². The number of nitrogens with zero attached hydrogens (tertiary/aromatic N) is 3. The van der Waals surface area contributed by atoms with Gasteiger partial charge in [-0.05, 0) is 31.5 Å². The molecule has 3 aromatic rings. The minimum absolute atomic E-state index is 0.0466. The Labute approximate surface area is 162 Å².